The minimum atomic E-state index is -0.696. The standard InChI is InChI=1S/C16H29N3O2/c1-7-14-17-9-10-19(14)13(5)11-16(6,18-12(3)4)15(20)21-8-2/h9-10,12-13,18H,7-8,11H2,1-6H3. The molecule has 0 saturated carbocycles. The van der Waals surface area contributed by atoms with Crippen LogP contribution < -0.4 is 5.32 Å². The number of nitrogens with one attached hydrogen (secondary N) is 1. The van der Waals surface area contributed by atoms with Gasteiger partial charge in [-0.1, -0.05) is 6.92 Å². The molecule has 0 aliphatic carbocycles. The molecule has 5 heteroatoms. The topological polar surface area (TPSA) is 56.2 Å². The maximum Gasteiger partial charge on any atom is 0.326 e. The molecule has 120 valence electrons. The number of nitrogens with zero attached hydrogens (tertiary/aromatic N) is 2. The largest absolute Gasteiger partial charge is 0.465 e. The van der Waals surface area contributed by atoms with Gasteiger partial charge >= 0.3 is 5.97 Å². The SMILES string of the molecule is CCOC(=O)C(C)(CC(C)n1ccnc1CC)NC(C)C. The van der Waals surface area contributed by atoms with Crippen LogP contribution in [0.1, 0.15) is 59.8 Å². The van der Waals surface area contributed by atoms with E-state index in [9.17, 15) is 4.79 Å². The van der Waals surface area contributed by atoms with Crippen molar-refractivity contribution in [2.24, 2.45) is 0 Å². The fraction of sp³-hybridized carbons (Fsp3) is 0.750. The number of carbonyl (C=O) groups is 1. The van der Waals surface area contributed by atoms with Crippen LogP contribution in [0, 0.1) is 0 Å². The van der Waals surface area contributed by atoms with E-state index in [-0.39, 0.29) is 18.1 Å². The highest BCUT2D eigenvalue weighted by atomic mass is 16.5. The van der Waals surface area contributed by atoms with Crippen molar-refractivity contribution in [3.63, 3.8) is 0 Å². The van der Waals surface area contributed by atoms with Crippen molar-refractivity contribution in [3.8, 4) is 0 Å². The van der Waals surface area contributed by atoms with Gasteiger partial charge in [0.2, 0.25) is 0 Å². The van der Waals surface area contributed by atoms with E-state index in [2.05, 4.69) is 28.7 Å². The first-order valence-electron chi connectivity index (χ1n) is 7.80. The molecule has 1 aromatic rings. The summed E-state index contributed by atoms with van der Waals surface area (Å²) >= 11 is 0. The number of hydrogen-bond acceptors (Lipinski definition) is 4. The fourth-order valence-electron chi connectivity index (χ4n) is 2.84. The zero-order chi connectivity index (χ0) is 16.0. The number of aryl methyl sites for hydroxylation is 1. The highest BCUT2D eigenvalue weighted by Crippen LogP contribution is 2.24. The van der Waals surface area contributed by atoms with Gasteiger partial charge in [0.1, 0.15) is 11.4 Å². The third-order valence-corrected chi connectivity index (χ3v) is 3.58. The second-order valence-electron chi connectivity index (χ2n) is 6.01. The molecule has 0 bridgehead atoms. The molecule has 2 unspecified atom stereocenters. The van der Waals surface area contributed by atoms with Gasteiger partial charge in [-0.3, -0.25) is 10.1 Å². The maximum atomic E-state index is 12.4. The van der Waals surface area contributed by atoms with Crippen LogP contribution in [-0.2, 0) is 16.0 Å². The van der Waals surface area contributed by atoms with Crippen LogP contribution >= 0.6 is 0 Å². The van der Waals surface area contributed by atoms with Crippen LogP contribution in [0.15, 0.2) is 12.4 Å². The van der Waals surface area contributed by atoms with E-state index < -0.39 is 5.54 Å². The molecule has 1 heterocycles. The average Bonchev–Trinajstić information content (AvgIpc) is 2.86. The van der Waals surface area contributed by atoms with Gasteiger partial charge in [0.05, 0.1) is 6.61 Å². The van der Waals surface area contributed by atoms with Crippen LogP contribution in [0.2, 0.25) is 0 Å². The van der Waals surface area contributed by atoms with Crippen LogP contribution in [0.4, 0.5) is 0 Å². The van der Waals surface area contributed by atoms with E-state index in [0.717, 1.165) is 12.2 Å². The number of aromatic nitrogens is 2. The van der Waals surface area contributed by atoms with Crippen LogP contribution in [0.3, 0.4) is 0 Å². The predicted molar refractivity (Wildman–Crippen MR) is 84.2 cm³/mol. The molecule has 0 spiro atoms. The van der Waals surface area contributed by atoms with Crippen molar-refractivity contribution < 1.29 is 9.53 Å². The second kappa shape index (κ2) is 7.59. The van der Waals surface area contributed by atoms with Gasteiger partial charge in [-0.2, -0.15) is 0 Å². The monoisotopic (exact) mass is 295 g/mol. The first kappa shape index (κ1) is 17.7. The third kappa shape index (κ3) is 4.56. The van der Waals surface area contributed by atoms with E-state index in [4.69, 9.17) is 4.74 Å². The molecule has 0 saturated heterocycles. The molecular weight excluding hydrogens is 266 g/mol. The molecular formula is C16H29N3O2. The number of rotatable bonds is 8. The fourth-order valence-corrected chi connectivity index (χ4v) is 2.84. The third-order valence-electron chi connectivity index (χ3n) is 3.58. The molecule has 2 atom stereocenters. The van der Waals surface area contributed by atoms with Crippen molar-refractivity contribution in [3.05, 3.63) is 18.2 Å². The normalized spacial score (nSPS) is 15.8. The Labute approximate surface area is 128 Å². The summed E-state index contributed by atoms with van der Waals surface area (Å²) in [6.07, 6.45) is 5.33. The molecule has 0 aliphatic rings. The molecule has 0 radical (unpaired) electrons. The Kier molecular flexibility index (Phi) is 6.40. The summed E-state index contributed by atoms with van der Waals surface area (Å²) in [6.45, 7) is 12.4. The summed E-state index contributed by atoms with van der Waals surface area (Å²) in [5.41, 5.74) is -0.696. The summed E-state index contributed by atoms with van der Waals surface area (Å²) in [5.74, 6) is 0.849. The zero-order valence-corrected chi connectivity index (χ0v) is 14.1. The first-order chi connectivity index (χ1) is 9.84. The molecule has 0 aliphatic heterocycles. The molecule has 0 aromatic carbocycles. The lowest BCUT2D eigenvalue weighted by Gasteiger charge is -2.33. The molecule has 21 heavy (non-hydrogen) atoms. The van der Waals surface area contributed by atoms with E-state index >= 15 is 0 Å². The Morgan fingerprint density at radius 1 is 1.43 bits per heavy atom. The van der Waals surface area contributed by atoms with Gasteiger partial charge in [-0.15, -0.1) is 0 Å². The van der Waals surface area contributed by atoms with E-state index in [1.165, 1.54) is 0 Å². The van der Waals surface area contributed by atoms with E-state index in [0.29, 0.717) is 13.0 Å². The number of imidazole rings is 1. The Hall–Kier alpha value is -1.36. The number of ether oxygens (including phenoxy) is 1. The van der Waals surface area contributed by atoms with Crippen LogP contribution in [-0.4, -0.2) is 33.7 Å². The van der Waals surface area contributed by atoms with Crippen LogP contribution in [0.5, 0.6) is 0 Å². The molecule has 0 amide bonds. The summed E-state index contributed by atoms with van der Waals surface area (Å²) in [5, 5.41) is 3.36. The quantitative estimate of drug-likeness (QED) is 0.749. The van der Waals surface area contributed by atoms with Crippen LogP contribution in [0.25, 0.3) is 0 Å². The highest BCUT2D eigenvalue weighted by Gasteiger charge is 2.37. The Morgan fingerprint density at radius 3 is 2.62 bits per heavy atom. The Bertz CT molecular complexity index is 456. The summed E-state index contributed by atoms with van der Waals surface area (Å²) in [7, 11) is 0. The summed E-state index contributed by atoms with van der Waals surface area (Å²) in [6, 6.07) is 0.378. The second-order valence-corrected chi connectivity index (χ2v) is 6.01. The van der Waals surface area contributed by atoms with E-state index in [1.54, 1.807) is 0 Å². The summed E-state index contributed by atoms with van der Waals surface area (Å²) in [4.78, 5) is 16.7. The minimum absolute atomic E-state index is 0.170. The maximum absolute atomic E-state index is 12.4. The van der Waals surface area contributed by atoms with E-state index in [1.807, 2.05) is 40.1 Å². The van der Waals surface area contributed by atoms with Crippen molar-refractivity contribution in [2.45, 2.75) is 72.0 Å². The van der Waals surface area contributed by atoms with Gasteiger partial charge in [-0.25, -0.2) is 4.98 Å². The van der Waals surface area contributed by atoms with Gasteiger partial charge in [0.15, 0.2) is 0 Å². The van der Waals surface area contributed by atoms with Crippen molar-refractivity contribution in [2.75, 3.05) is 6.61 Å². The smallest absolute Gasteiger partial charge is 0.326 e. The highest BCUT2D eigenvalue weighted by molar-refractivity contribution is 5.80. The molecule has 1 N–H and O–H groups in total. The molecule has 0 fully saturated rings. The average molecular weight is 295 g/mol. The minimum Gasteiger partial charge on any atom is -0.465 e. The number of esters is 1. The lowest BCUT2D eigenvalue weighted by Crippen LogP contribution is -2.54. The molecule has 1 rings (SSSR count). The number of hydrogen-bond donors (Lipinski definition) is 1. The first-order valence-corrected chi connectivity index (χ1v) is 7.80. The van der Waals surface area contributed by atoms with Gasteiger partial charge in [0, 0.05) is 30.9 Å². The molecule has 1 aromatic heterocycles. The molecule has 5 nitrogen and oxygen atoms in total. The lowest BCUT2D eigenvalue weighted by molar-refractivity contribution is -0.151. The van der Waals surface area contributed by atoms with Gasteiger partial charge < -0.3 is 9.30 Å². The van der Waals surface area contributed by atoms with Crippen molar-refractivity contribution in [1.29, 1.82) is 0 Å². The lowest BCUT2D eigenvalue weighted by atomic mass is 9.92. The van der Waals surface area contributed by atoms with Gasteiger partial charge in [-0.05, 0) is 41.0 Å². The van der Waals surface area contributed by atoms with Crippen molar-refractivity contribution in [1.82, 2.24) is 14.9 Å². The predicted octanol–water partition coefficient (Wildman–Crippen LogP) is 2.72. The Morgan fingerprint density at radius 2 is 2.10 bits per heavy atom. The van der Waals surface area contributed by atoms with Crippen molar-refractivity contribution >= 4 is 5.97 Å². The summed E-state index contributed by atoms with van der Waals surface area (Å²) < 4.78 is 7.39. The zero-order valence-electron chi connectivity index (χ0n) is 14.1. The number of carbonyl (C=O) groups excluding carboxylic acids is 1. The van der Waals surface area contributed by atoms with Gasteiger partial charge in [0.25, 0.3) is 0 Å². The Balaban J connectivity index is 2.92.